The van der Waals surface area contributed by atoms with Gasteiger partial charge in [0.1, 0.15) is 0 Å². The molecule has 0 aromatic carbocycles. The number of hydrogen-bond acceptors (Lipinski definition) is 1. The lowest BCUT2D eigenvalue weighted by atomic mass is 9.87. The molecule has 1 heterocycles. The van der Waals surface area contributed by atoms with Gasteiger partial charge in [-0.2, -0.15) is 0 Å². The molecule has 0 radical (unpaired) electrons. The number of ether oxygens (including phenoxy) is 1. The van der Waals surface area contributed by atoms with Gasteiger partial charge >= 0.3 is 0 Å². The SMILES string of the molecule is CC(C)C(CCCC1CCCO1)C(C)Cl. The summed E-state index contributed by atoms with van der Waals surface area (Å²) >= 11 is 6.20. The predicted molar refractivity (Wildman–Crippen MR) is 66.5 cm³/mol. The third-order valence-corrected chi connectivity index (χ3v) is 3.86. The molecule has 1 saturated heterocycles. The Morgan fingerprint density at radius 3 is 2.53 bits per heavy atom. The van der Waals surface area contributed by atoms with Gasteiger partial charge in [0.15, 0.2) is 0 Å². The van der Waals surface area contributed by atoms with Crippen molar-refractivity contribution >= 4 is 11.6 Å². The highest BCUT2D eigenvalue weighted by Crippen LogP contribution is 2.27. The van der Waals surface area contributed by atoms with E-state index in [2.05, 4.69) is 20.8 Å². The van der Waals surface area contributed by atoms with E-state index >= 15 is 0 Å². The van der Waals surface area contributed by atoms with Gasteiger partial charge in [-0.05, 0) is 44.4 Å². The summed E-state index contributed by atoms with van der Waals surface area (Å²) in [6.45, 7) is 7.65. The third-order valence-electron chi connectivity index (χ3n) is 3.53. The monoisotopic (exact) mass is 232 g/mol. The molecule has 0 aromatic heterocycles. The van der Waals surface area contributed by atoms with Crippen LogP contribution in [-0.4, -0.2) is 18.1 Å². The van der Waals surface area contributed by atoms with Crippen molar-refractivity contribution in [3.05, 3.63) is 0 Å². The topological polar surface area (TPSA) is 9.23 Å². The summed E-state index contributed by atoms with van der Waals surface area (Å²) in [5, 5.41) is 0.300. The fourth-order valence-corrected chi connectivity index (χ4v) is 2.96. The lowest BCUT2D eigenvalue weighted by molar-refractivity contribution is 0.0998. The van der Waals surface area contributed by atoms with Crippen LogP contribution >= 0.6 is 11.6 Å². The van der Waals surface area contributed by atoms with Gasteiger partial charge in [0, 0.05) is 12.0 Å². The van der Waals surface area contributed by atoms with Crippen molar-refractivity contribution in [2.45, 2.75) is 64.4 Å². The van der Waals surface area contributed by atoms with Crippen molar-refractivity contribution in [1.82, 2.24) is 0 Å². The predicted octanol–water partition coefficient (Wildman–Crippen LogP) is 4.24. The van der Waals surface area contributed by atoms with Crippen LogP contribution in [0.1, 0.15) is 52.9 Å². The minimum absolute atomic E-state index is 0.300. The molecular formula is C13H25ClO. The molecule has 1 aliphatic heterocycles. The van der Waals surface area contributed by atoms with E-state index < -0.39 is 0 Å². The summed E-state index contributed by atoms with van der Waals surface area (Å²) in [4.78, 5) is 0. The van der Waals surface area contributed by atoms with Crippen LogP contribution in [0.2, 0.25) is 0 Å². The Kier molecular flexibility index (Phi) is 5.99. The van der Waals surface area contributed by atoms with Gasteiger partial charge in [0.05, 0.1) is 6.10 Å². The van der Waals surface area contributed by atoms with Crippen LogP contribution in [0.15, 0.2) is 0 Å². The number of alkyl halides is 1. The zero-order valence-corrected chi connectivity index (χ0v) is 11.1. The van der Waals surface area contributed by atoms with Gasteiger partial charge in [-0.15, -0.1) is 11.6 Å². The zero-order chi connectivity index (χ0) is 11.3. The molecule has 0 N–H and O–H groups in total. The minimum atomic E-state index is 0.300. The zero-order valence-electron chi connectivity index (χ0n) is 10.3. The van der Waals surface area contributed by atoms with Crippen LogP contribution in [0.4, 0.5) is 0 Å². The Hall–Kier alpha value is 0.250. The molecule has 3 atom stereocenters. The number of rotatable bonds is 6. The van der Waals surface area contributed by atoms with Crippen LogP contribution in [0, 0.1) is 11.8 Å². The Balaban J connectivity index is 2.15. The van der Waals surface area contributed by atoms with E-state index in [1.54, 1.807) is 0 Å². The highest BCUT2D eigenvalue weighted by Gasteiger charge is 2.20. The Labute approximate surface area is 99.5 Å². The normalized spacial score (nSPS) is 25.8. The molecule has 0 aliphatic carbocycles. The molecule has 1 rings (SSSR count). The minimum Gasteiger partial charge on any atom is -0.378 e. The van der Waals surface area contributed by atoms with Gasteiger partial charge in [-0.25, -0.2) is 0 Å². The van der Waals surface area contributed by atoms with Crippen molar-refractivity contribution < 1.29 is 4.74 Å². The van der Waals surface area contributed by atoms with Gasteiger partial charge in [-0.3, -0.25) is 0 Å². The Morgan fingerprint density at radius 2 is 2.07 bits per heavy atom. The molecule has 1 fully saturated rings. The fourth-order valence-electron chi connectivity index (χ4n) is 2.55. The van der Waals surface area contributed by atoms with Gasteiger partial charge < -0.3 is 4.74 Å². The first kappa shape index (κ1) is 13.3. The average molecular weight is 233 g/mol. The average Bonchev–Trinajstić information content (AvgIpc) is 2.63. The molecule has 90 valence electrons. The van der Waals surface area contributed by atoms with Crippen molar-refractivity contribution in [3.8, 4) is 0 Å². The van der Waals surface area contributed by atoms with Crippen LogP contribution in [0.25, 0.3) is 0 Å². The Morgan fingerprint density at radius 1 is 1.33 bits per heavy atom. The summed E-state index contributed by atoms with van der Waals surface area (Å²) in [7, 11) is 0. The van der Waals surface area contributed by atoms with Crippen LogP contribution in [-0.2, 0) is 4.74 Å². The summed E-state index contributed by atoms with van der Waals surface area (Å²) < 4.78 is 5.62. The molecule has 0 aromatic rings. The Bertz CT molecular complexity index is 154. The molecule has 0 bridgehead atoms. The molecule has 0 saturated carbocycles. The first-order valence-electron chi connectivity index (χ1n) is 6.37. The van der Waals surface area contributed by atoms with E-state index in [-0.39, 0.29) is 0 Å². The highest BCUT2D eigenvalue weighted by atomic mass is 35.5. The second-order valence-corrected chi connectivity index (χ2v) is 5.84. The standard InChI is InChI=1S/C13H25ClO/c1-10(2)13(11(3)14)8-4-6-12-7-5-9-15-12/h10-13H,4-9H2,1-3H3. The molecule has 2 heteroatoms. The van der Waals surface area contributed by atoms with E-state index in [0.29, 0.717) is 23.3 Å². The van der Waals surface area contributed by atoms with Crippen molar-refractivity contribution in [1.29, 1.82) is 0 Å². The molecule has 0 spiro atoms. The first-order valence-corrected chi connectivity index (χ1v) is 6.80. The first-order chi connectivity index (χ1) is 7.11. The van der Waals surface area contributed by atoms with Crippen molar-refractivity contribution in [3.63, 3.8) is 0 Å². The molecular weight excluding hydrogens is 208 g/mol. The van der Waals surface area contributed by atoms with Crippen molar-refractivity contribution in [2.24, 2.45) is 11.8 Å². The van der Waals surface area contributed by atoms with Gasteiger partial charge in [-0.1, -0.05) is 20.3 Å². The largest absolute Gasteiger partial charge is 0.378 e. The molecule has 15 heavy (non-hydrogen) atoms. The van der Waals surface area contributed by atoms with E-state index in [4.69, 9.17) is 16.3 Å². The quantitative estimate of drug-likeness (QED) is 0.623. The maximum atomic E-state index is 6.20. The summed E-state index contributed by atoms with van der Waals surface area (Å²) in [6.07, 6.45) is 6.82. The summed E-state index contributed by atoms with van der Waals surface area (Å²) in [6, 6.07) is 0. The van der Waals surface area contributed by atoms with E-state index in [1.165, 1.54) is 32.1 Å². The summed E-state index contributed by atoms with van der Waals surface area (Å²) in [5.74, 6) is 1.36. The lowest BCUT2D eigenvalue weighted by Crippen LogP contribution is -2.18. The summed E-state index contributed by atoms with van der Waals surface area (Å²) in [5.41, 5.74) is 0. The molecule has 1 aliphatic rings. The van der Waals surface area contributed by atoms with Crippen molar-refractivity contribution in [2.75, 3.05) is 6.61 Å². The fraction of sp³-hybridized carbons (Fsp3) is 1.00. The van der Waals surface area contributed by atoms with Crippen LogP contribution in [0.5, 0.6) is 0 Å². The van der Waals surface area contributed by atoms with E-state index in [1.807, 2.05) is 0 Å². The molecule has 0 amide bonds. The third kappa shape index (κ3) is 4.74. The lowest BCUT2D eigenvalue weighted by Gasteiger charge is -2.23. The molecule has 3 unspecified atom stereocenters. The maximum Gasteiger partial charge on any atom is 0.0576 e. The second-order valence-electron chi connectivity index (χ2n) is 5.15. The molecule has 1 nitrogen and oxygen atoms in total. The van der Waals surface area contributed by atoms with Crippen LogP contribution in [0.3, 0.4) is 0 Å². The van der Waals surface area contributed by atoms with Gasteiger partial charge in [0.2, 0.25) is 0 Å². The second kappa shape index (κ2) is 6.75. The highest BCUT2D eigenvalue weighted by molar-refractivity contribution is 6.20. The maximum absolute atomic E-state index is 6.20. The van der Waals surface area contributed by atoms with Gasteiger partial charge in [0.25, 0.3) is 0 Å². The number of halogens is 1. The van der Waals surface area contributed by atoms with Crippen LogP contribution < -0.4 is 0 Å². The van der Waals surface area contributed by atoms with E-state index in [0.717, 1.165) is 6.61 Å². The smallest absolute Gasteiger partial charge is 0.0576 e. The van der Waals surface area contributed by atoms with E-state index in [9.17, 15) is 0 Å². The number of hydrogen-bond donors (Lipinski definition) is 0.